The van der Waals surface area contributed by atoms with Gasteiger partial charge in [-0.2, -0.15) is 0 Å². The molecule has 0 atom stereocenters. The summed E-state index contributed by atoms with van der Waals surface area (Å²) < 4.78 is 32.7. The number of carbonyl (C=O) groups excluding carboxylic acids is 2. The number of nitrogens with zero attached hydrogens (tertiary/aromatic N) is 1. The van der Waals surface area contributed by atoms with Crippen LogP contribution >= 0.6 is 0 Å². The fourth-order valence-electron chi connectivity index (χ4n) is 3.72. The molecule has 1 amide bonds. The van der Waals surface area contributed by atoms with E-state index in [9.17, 15) is 18.4 Å². The summed E-state index contributed by atoms with van der Waals surface area (Å²) >= 11 is 0. The molecule has 0 spiro atoms. The van der Waals surface area contributed by atoms with Crippen LogP contribution in [0.25, 0.3) is 0 Å². The zero-order valence-electron chi connectivity index (χ0n) is 15.8. The number of benzene rings is 2. The highest BCUT2D eigenvalue weighted by molar-refractivity contribution is 5.86. The highest BCUT2D eigenvalue weighted by Gasteiger charge is 2.44. The first kappa shape index (κ1) is 20.0. The fourth-order valence-corrected chi connectivity index (χ4v) is 3.72. The van der Waals surface area contributed by atoms with Gasteiger partial charge in [0.05, 0.1) is 5.41 Å². The molecular weight excluding hydrogens is 364 g/mol. The number of likely N-dealkylation sites (N-methyl/N-ethyl adjacent to an activating group) is 1. The van der Waals surface area contributed by atoms with Crippen LogP contribution in [0.1, 0.15) is 36.8 Å². The predicted octanol–water partition coefficient (Wildman–Crippen LogP) is 3.98. The third kappa shape index (κ3) is 4.21. The van der Waals surface area contributed by atoms with Crippen LogP contribution in [0.15, 0.2) is 48.5 Å². The van der Waals surface area contributed by atoms with Crippen molar-refractivity contribution in [3.63, 3.8) is 0 Å². The van der Waals surface area contributed by atoms with E-state index in [0.29, 0.717) is 24.0 Å². The van der Waals surface area contributed by atoms with Crippen LogP contribution in [-0.4, -0.2) is 30.4 Å². The topological polar surface area (TPSA) is 46.6 Å². The molecule has 3 rings (SSSR count). The smallest absolute Gasteiger partial charge is 0.317 e. The van der Waals surface area contributed by atoms with E-state index in [-0.39, 0.29) is 6.54 Å². The SMILES string of the molecule is CN(Cc1ccccc1F)C(=O)COC(=O)C1(c2cccc(F)c2)CCCC1. The summed E-state index contributed by atoms with van der Waals surface area (Å²) in [6.07, 6.45) is 2.81. The lowest BCUT2D eigenvalue weighted by molar-refractivity contribution is -0.156. The van der Waals surface area contributed by atoms with Crippen molar-refractivity contribution >= 4 is 11.9 Å². The van der Waals surface area contributed by atoms with Gasteiger partial charge in [0, 0.05) is 19.2 Å². The van der Waals surface area contributed by atoms with Gasteiger partial charge >= 0.3 is 5.97 Å². The van der Waals surface area contributed by atoms with Gasteiger partial charge in [-0.05, 0) is 36.6 Å². The third-order valence-electron chi connectivity index (χ3n) is 5.34. The van der Waals surface area contributed by atoms with Crippen molar-refractivity contribution < 1.29 is 23.1 Å². The average molecular weight is 387 g/mol. The van der Waals surface area contributed by atoms with Crippen molar-refractivity contribution in [1.82, 2.24) is 4.90 Å². The van der Waals surface area contributed by atoms with Crippen LogP contribution in [0.4, 0.5) is 8.78 Å². The summed E-state index contributed by atoms with van der Waals surface area (Å²) in [6.45, 7) is -0.348. The Morgan fingerprint density at radius 2 is 1.79 bits per heavy atom. The Bertz CT molecular complexity index is 862. The second kappa shape index (κ2) is 8.50. The standard InChI is InChI=1S/C22H23F2NO3/c1-25(14-16-7-2-3-10-19(16)24)20(26)15-28-21(27)22(11-4-5-12-22)17-8-6-9-18(23)13-17/h2-3,6-10,13H,4-5,11-12,14-15H2,1H3. The van der Waals surface area contributed by atoms with Crippen molar-refractivity contribution in [2.75, 3.05) is 13.7 Å². The second-order valence-corrected chi connectivity index (χ2v) is 7.22. The average Bonchev–Trinajstić information content (AvgIpc) is 3.19. The molecule has 0 aliphatic heterocycles. The molecule has 1 aliphatic carbocycles. The summed E-state index contributed by atoms with van der Waals surface area (Å²) in [5.41, 5.74) is 0.0609. The van der Waals surface area contributed by atoms with E-state index in [0.717, 1.165) is 12.8 Å². The summed E-state index contributed by atoms with van der Waals surface area (Å²) in [5, 5.41) is 0. The maximum atomic E-state index is 13.7. The van der Waals surface area contributed by atoms with Gasteiger partial charge in [0.2, 0.25) is 0 Å². The Hall–Kier alpha value is -2.76. The quantitative estimate of drug-likeness (QED) is 0.705. The van der Waals surface area contributed by atoms with Crippen molar-refractivity contribution in [2.45, 2.75) is 37.6 Å². The van der Waals surface area contributed by atoms with Gasteiger partial charge < -0.3 is 9.64 Å². The molecule has 4 nitrogen and oxygen atoms in total. The molecule has 0 radical (unpaired) electrons. The van der Waals surface area contributed by atoms with Gasteiger partial charge in [-0.15, -0.1) is 0 Å². The normalized spacial score (nSPS) is 15.2. The maximum Gasteiger partial charge on any atom is 0.317 e. The number of ether oxygens (including phenoxy) is 1. The van der Waals surface area contributed by atoms with Crippen LogP contribution < -0.4 is 0 Å². The minimum absolute atomic E-state index is 0.0814. The molecule has 1 aliphatic rings. The number of hydrogen-bond acceptors (Lipinski definition) is 3. The van der Waals surface area contributed by atoms with E-state index in [1.165, 1.54) is 30.1 Å². The lowest BCUT2D eigenvalue weighted by Crippen LogP contribution is -2.38. The molecular formula is C22H23F2NO3. The molecule has 0 N–H and O–H groups in total. The van der Waals surface area contributed by atoms with Gasteiger partial charge in [-0.1, -0.05) is 43.2 Å². The first-order valence-electron chi connectivity index (χ1n) is 9.33. The lowest BCUT2D eigenvalue weighted by atomic mass is 9.79. The number of hydrogen-bond donors (Lipinski definition) is 0. The predicted molar refractivity (Wildman–Crippen MR) is 100 cm³/mol. The minimum atomic E-state index is -0.910. The number of halogens is 2. The molecule has 2 aromatic rings. The van der Waals surface area contributed by atoms with Crippen LogP contribution in [0.2, 0.25) is 0 Å². The maximum absolute atomic E-state index is 13.7. The van der Waals surface area contributed by atoms with E-state index < -0.39 is 35.5 Å². The Morgan fingerprint density at radius 1 is 1.07 bits per heavy atom. The van der Waals surface area contributed by atoms with Crippen LogP contribution in [0.3, 0.4) is 0 Å². The van der Waals surface area contributed by atoms with E-state index >= 15 is 0 Å². The minimum Gasteiger partial charge on any atom is -0.455 e. The van der Waals surface area contributed by atoms with E-state index in [1.54, 1.807) is 30.3 Å². The zero-order valence-corrected chi connectivity index (χ0v) is 15.8. The third-order valence-corrected chi connectivity index (χ3v) is 5.34. The monoisotopic (exact) mass is 387 g/mol. The molecule has 148 valence electrons. The second-order valence-electron chi connectivity index (χ2n) is 7.22. The van der Waals surface area contributed by atoms with Gasteiger partial charge in [0.15, 0.2) is 6.61 Å². The van der Waals surface area contributed by atoms with E-state index in [4.69, 9.17) is 4.74 Å². The van der Waals surface area contributed by atoms with Gasteiger partial charge in [-0.25, -0.2) is 8.78 Å². The molecule has 0 unspecified atom stereocenters. The number of amides is 1. The Morgan fingerprint density at radius 3 is 2.46 bits per heavy atom. The largest absolute Gasteiger partial charge is 0.455 e. The Balaban J connectivity index is 1.65. The van der Waals surface area contributed by atoms with Gasteiger partial charge in [0.1, 0.15) is 11.6 Å². The highest BCUT2D eigenvalue weighted by atomic mass is 19.1. The molecule has 1 saturated carbocycles. The molecule has 1 fully saturated rings. The van der Waals surface area contributed by atoms with Crippen molar-refractivity contribution in [1.29, 1.82) is 0 Å². The summed E-state index contributed by atoms with van der Waals surface area (Å²) in [7, 11) is 1.53. The Labute approximate surface area is 163 Å². The van der Waals surface area contributed by atoms with Crippen molar-refractivity contribution in [3.8, 4) is 0 Å². The Kier molecular flexibility index (Phi) is 6.07. The van der Waals surface area contributed by atoms with Crippen LogP contribution in [-0.2, 0) is 26.3 Å². The molecule has 0 saturated heterocycles. The number of rotatable bonds is 6. The first-order valence-corrected chi connectivity index (χ1v) is 9.33. The van der Waals surface area contributed by atoms with Crippen molar-refractivity contribution in [2.24, 2.45) is 0 Å². The summed E-state index contributed by atoms with van der Waals surface area (Å²) in [5.74, 6) is -1.74. The van der Waals surface area contributed by atoms with Gasteiger partial charge in [-0.3, -0.25) is 9.59 Å². The molecule has 0 heterocycles. The van der Waals surface area contributed by atoms with E-state index in [1.807, 2.05) is 0 Å². The highest BCUT2D eigenvalue weighted by Crippen LogP contribution is 2.42. The number of carbonyl (C=O) groups is 2. The molecule has 0 bridgehead atoms. The first-order chi connectivity index (χ1) is 13.4. The summed E-state index contributed by atoms with van der Waals surface area (Å²) in [4.78, 5) is 26.5. The van der Waals surface area contributed by atoms with Crippen LogP contribution in [0.5, 0.6) is 0 Å². The van der Waals surface area contributed by atoms with E-state index in [2.05, 4.69) is 0 Å². The lowest BCUT2D eigenvalue weighted by Gasteiger charge is -2.27. The number of esters is 1. The van der Waals surface area contributed by atoms with Crippen LogP contribution in [0, 0.1) is 11.6 Å². The molecule has 2 aromatic carbocycles. The molecule has 0 aromatic heterocycles. The summed E-state index contributed by atoms with van der Waals surface area (Å²) in [6, 6.07) is 12.2. The molecule has 28 heavy (non-hydrogen) atoms. The van der Waals surface area contributed by atoms with Crippen molar-refractivity contribution in [3.05, 3.63) is 71.3 Å². The zero-order chi connectivity index (χ0) is 20.1. The van der Waals surface area contributed by atoms with Gasteiger partial charge in [0.25, 0.3) is 5.91 Å². The molecule has 6 heteroatoms. The fraction of sp³-hybridized carbons (Fsp3) is 0.364.